The van der Waals surface area contributed by atoms with Crippen molar-refractivity contribution in [2.45, 2.75) is 11.7 Å². The van der Waals surface area contributed by atoms with E-state index < -0.39 is 0 Å². The fraction of sp³-hybridized carbons (Fsp3) is 0.333. The van der Waals surface area contributed by atoms with Gasteiger partial charge in [-0.1, -0.05) is 24.3 Å². The molecule has 0 bridgehead atoms. The van der Waals surface area contributed by atoms with Gasteiger partial charge in [0.15, 0.2) is 0 Å². The molecule has 0 aromatic rings. The van der Waals surface area contributed by atoms with Gasteiger partial charge in [-0.2, -0.15) is 12.6 Å². The third kappa shape index (κ3) is 3.69. The van der Waals surface area contributed by atoms with Crippen LogP contribution in [0.5, 0.6) is 0 Å². The van der Waals surface area contributed by atoms with Crippen molar-refractivity contribution >= 4 is 12.6 Å². The van der Waals surface area contributed by atoms with Gasteiger partial charge >= 0.3 is 0 Å². The fourth-order valence-corrected chi connectivity index (χ4v) is 1.67. The average molecular weight is 194 g/mol. The Morgan fingerprint density at radius 1 is 1.00 bits per heavy atom. The van der Waals surface area contributed by atoms with Crippen LogP contribution in [0, 0.1) is 11.8 Å². The Kier molecular flexibility index (Phi) is 6.43. The summed E-state index contributed by atoms with van der Waals surface area (Å²) in [5.74, 6) is 0.645. The molecular weight excluding hydrogens is 176 g/mol. The molecule has 0 N–H and O–H groups in total. The number of hydrogen-bond donors (Lipinski definition) is 1. The Labute approximate surface area is 87.2 Å². The highest BCUT2D eigenvalue weighted by atomic mass is 32.1. The molecule has 0 aliphatic heterocycles. The van der Waals surface area contributed by atoms with E-state index in [4.69, 9.17) is 0 Å². The fourth-order valence-electron chi connectivity index (χ4n) is 1.33. The maximum Gasteiger partial charge on any atom is 0.0262 e. The van der Waals surface area contributed by atoms with E-state index in [1.807, 2.05) is 24.3 Å². The molecule has 0 aliphatic carbocycles. The largest absolute Gasteiger partial charge is 0.171 e. The molecule has 0 saturated carbocycles. The Balaban J connectivity index is 4.49. The van der Waals surface area contributed by atoms with Crippen LogP contribution in [0.1, 0.15) is 6.42 Å². The molecule has 13 heavy (non-hydrogen) atoms. The lowest BCUT2D eigenvalue weighted by atomic mass is 9.87. The maximum atomic E-state index is 4.42. The SMILES string of the molecule is C=CCC(C=C)C(C=C)C(S)C=C. The van der Waals surface area contributed by atoms with Crippen molar-refractivity contribution in [2.24, 2.45) is 11.8 Å². The molecule has 0 aliphatic rings. The van der Waals surface area contributed by atoms with Crippen molar-refractivity contribution in [2.75, 3.05) is 0 Å². The minimum Gasteiger partial charge on any atom is -0.171 e. The zero-order valence-corrected chi connectivity index (χ0v) is 8.92. The second-order valence-electron chi connectivity index (χ2n) is 2.96. The minimum absolute atomic E-state index is 0.139. The summed E-state index contributed by atoms with van der Waals surface area (Å²) in [7, 11) is 0. The van der Waals surface area contributed by atoms with Crippen molar-refractivity contribution in [3.8, 4) is 0 Å². The van der Waals surface area contributed by atoms with Gasteiger partial charge in [0.1, 0.15) is 0 Å². The van der Waals surface area contributed by atoms with E-state index in [1.54, 1.807) is 0 Å². The van der Waals surface area contributed by atoms with Crippen molar-refractivity contribution in [3.05, 3.63) is 50.6 Å². The quantitative estimate of drug-likeness (QED) is 0.464. The summed E-state index contributed by atoms with van der Waals surface area (Å²) in [6, 6.07) is 0. The Hall–Kier alpha value is -0.690. The molecule has 0 heterocycles. The first-order valence-electron chi connectivity index (χ1n) is 4.37. The molecule has 3 atom stereocenters. The van der Waals surface area contributed by atoms with E-state index in [-0.39, 0.29) is 11.2 Å². The second kappa shape index (κ2) is 6.79. The smallest absolute Gasteiger partial charge is 0.0262 e. The normalized spacial score (nSPS) is 16.7. The Morgan fingerprint density at radius 2 is 1.62 bits per heavy atom. The third-order valence-electron chi connectivity index (χ3n) is 2.14. The topological polar surface area (TPSA) is 0 Å². The predicted octanol–water partition coefficient (Wildman–Crippen LogP) is 3.65. The van der Waals surface area contributed by atoms with Crippen LogP contribution in [0.2, 0.25) is 0 Å². The summed E-state index contributed by atoms with van der Waals surface area (Å²) < 4.78 is 0. The van der Waals surface area contributed by atoms with Gasteiger partial charge in [-0.25, -0.2) is 0 Å². The van der Waals surface area contributed by atoms with E-state index >= 15 is 0 Å². The van der Waals surface area contributed by atoms with E-state index in [1.165, 1.54) is 0 Å². The van der Waals surface area contributed by atoms with Crippen LogP contribution in [-0.4, -0.2) is 5.25 Å². The summed E-state index contributed by atoms with van der Waals surface area (Å²) in [5.41, 5.74) is 0. The van der Waals surface area contributed by atoms with Crippen molar-refractivity contribution < 1.29 is 0 Å². The minimum atomic E-state index is 0.139. The number of allylic oxidation sites excluding steroid dienone is 3. The highest BCUT2D eigenvalue weighted by molar-refractivity contribution is 7.81. The predicted molar refractivity (Wildman–Crippen MR) is 65.2 cm³/mol. The molecule has 0 aromatic heterocycles. The van der Waals surface area contributed by atoms with E-state index in [0.717, 1.165) is 6.42 Å². The van der Waals surface area contributed by atoms with E-state index in [2.05, 4.69) is 38.9 Å². The number of rotatable bonds is 7. The van der Waals surface area contributed by atoms with Crippen molar-refractivity contribution in [1.29, 1.82) is 0 Å². The average Bonchev–Trinajstić information content (AvgIpc) is 2.17. The lowest BCUT2D eigenvalue weighted by molar-refractivity contribution is 0.495. The van der Waals surface area contributed by atoms with Gasteiger partial charge in [0.05, 0.1) is 0 Å². The van der Waals surface area contributed by atoms with Crippen LogP contribution in [0.25, 0.3) is 0 Å². The first kappa shape index (κ1) is 12.3. The van der Waals surface area contributed by atoms with Gasteiger partial charge in [0.25, 0.3) is 0 Å². The maximum absolute atomic E-state index is 4.42. The highest BCUT2D eigenvalue weighted by Gasteiger charge is 2.19. The monoisotopic (exact) mass is 194 g/mol. The first-order chi connectivity index (χ1) is 6.21. The lowest BCUT2D eigenvalue weighted by Crippen LogP contribution is -2.18. The second-order valence-corrected chi connectivity index (χ2v) is 3.56. The molecule has 0 radical (unpaired) electrons. The molecular formula is C12H18S. The molecule has 0 fully saturated rings. The zero-order valence-electron chi connectivity index (χ0n) is 8.02. The zero-order chi connectivity index (χ0) is 10.3. The van der Waals surface area contributed by atoms with Gasteiger partial charge in [0.2, 0.25) is 0 Å². The van der Waals surface area contributed by atoms with Crippen LogP contribution in [0.4, 0.5) is 0 Å². The molecule has 0 rings (SSSR count). The molecule has 72 valence electrons. The van der Waals surface area contributed by atoms with E-state index in [9.17, 15) is 0 Å². The Morgan fingerprint density at radius 3 is 1.92 bits per heavy atom. The van der Waals surface area contributed by atoms with Gasteiger partial charge in [-0.05, 0) is 18.3 Å². The standard InChI is InChI=1S/C12H18S/c1-5-9-10(6-2)11(7-3)12(13)8-4/h5-8,10-13H,1-4,9H2. The molecule has 0 aromatic carbocycles. The number of thiol groups is 1. The van der Waals surface area contributed by atoms with Gasteiger partial charge < -0.3 is 0 Å². The summed E-state index contributed by atoms with van der Waals surface area (Å²) >= 11 is 4.42. The third-order valence-corrected chi connectivity index (χ3v) is 2.70. The lowest BCUT2D eigenvalue weighted by Gasteiger charge is -2.23. The van der Waals surface area contributed by atoms with Crippen molar-refractivity contribution in [1.82, 2.24) is 0 Å². The molecule has 1 heteroatoms. The molecule has 0 nitrogen and oxygen atoms in total. The van der Waals surface area contributed by atoms with E-state index in [0.29, 0.717) is 5.92 Å². The Bertz CT molecular complexity index is 193. The molecule has 0 spiro atoms. The first-order valence-corrected chi connectivity index (χ1v) is 4.89. The number of hydrogen-bond acceptors (Lipinski definition) is 1. The van der Waals surface area contributed by atoms with Crippen LogP contribution in [-0.2, 0) is 0 Å². The summed E-state index contributed by atoms with van der Waals surface area (Å²) in [5, 5.41) is 0.139. The summed E-state index contributed by atoms with van der Waals surface area (Å²) in [6.45, 7) is 15.0. The van der Waals surface area contributed by atoms with Gasteiger partial charge in [-0.3, -0.25) is 0 Å². The molecule has 3 unspecified atom stereocenters. The van der Waals surface area contributed by atoms with Gasteiger partial charge in [-0.15, -0.1) is 26.3 Å². The summed E-state index contributed by atoms with van der Waals surface area (Å²) in [6.07, 6.45) is 8.47. The summed E-state index contributed by atoms with van der Waals surface area (Å²) in [4.78, 5) is 0. The highest BCUT2D eigenvalue weighted by Crippen LogP contribution is 2.25. The van der Waals surface area contributed by atoms with Crippen LogP contribution in [0.3, 0.4) is 0 Å². The van der Waals surface area contributed by atoms with Gasteiger partial charge in [0, 0.05) is 5.25 Å². The molecule has 0 saturated heterocycles. The van der Waals surface area contributed by atoms with Crippen LogP contribution < -0.4 is 0 Å². The van der Waals surface area contributed by atoms with Crippen molar-refractivity contribution in [3.63, 3.8) is 0 Å². The van der Waals surface area contributed by atoms with Crippen LogP contribution >= 0.6 is 12.6 Å². The van der Waals surface area contributed by atoms with Crippen LogP contribution in [0.15, 0.2) is 50.6 Å². The molecule has 0 amide bonds.